The number of nitrogens with zero attached hydrogens (tertiary/aromatic N) is 6. The monoisotopic (exact) mass is 659 g/mol. The van der Waals surface area contributed by atoms with Crippen molar-refractivity contribution >= 4 is 46.3 Å². The molecule has 1 fully saturated rings. The van der Waals surface area contributed by atoms with Gasteiger partial charge in [-0.05, 0) is 64.9 Å². The fourth-order valence-corrected chi connectivity index (χ4v) is 5.11. The second kappa shape index (κ2) is 17.7. The van der Waals surface area contributed by atoms with Gasteiger partial charge in [-0.15, -0.1) is 5.10 Å². The maximum Gasteiger partial charge on any atom is 0.435 e. The van der Waals surface area contributed by atoms with Crippen LogP contribution in [0.1, 0.15) is 51.5 Å². The van der Waals surface area contributed by atoms with E-state index in [2.05, 4.69) is 49.8 Å². The van der Waals surface area contributed by atoms with Crippen molar-refractivity contribution in [3.05, 3.63) is 42.1 Å². The van der Waals surface area contributed by atoms with E-state index in [1.54, 1.807) is 42.3 Å². The van der Waals surface area contributed by atoms with E-state index >= 15 is 0 Å². The Labute approximate surface area is 281 Å². The molecule has 0 unspecified atom stereocenters. The molecule has 14 heteroatoms. The third-order valence-corrected chi connectivity index (χ3v) is 7.44. The number of amides is 2. The molecule has 3 N–H and O–H groups in total. The van der Waals surface area contributed by atoms with Crippen LogP contribution in [-0.4, -0.2) is 107 Å². The zero-order chi connectivity index (χ0) is 34.5. The maximum atomic E-state index is 12.8. The zero-order valence-corrected chi connectivity index (χ0v) is 28.3. The first-order valence-corrected chi connectivity index (χ1v) is 16.3. The van der Waals surface area contributed by atoms with E-state index in [-0.39, 0.29) is 24.3 Å². The Kier molecular flexibility index (Phi) is 13.1. The van der Waals surface area contributed by atoms with Crippen LogP contribution in [0.15, 0.2) is 36.5 Å². The first-order chi connectivity index (χ1) is 23.2. The van der Waals surface area contributed by atoms with E-state index in [4.69, 9.17) is 9.47 Å². The number of benzene rings is 1. The SMILES string of the molecule is CCCNc1nc(Nc2ccc3c(c2)c(OC)nn3C(=O)OCC)ncc1C#CCCCNC(=O)[C@@H]1CCCN1C(=O)C=CCN(C)C. The van der Waals surface area contributed by atoms with Crippen LogP contribution in [0.25, 0.3) is 10.9 Å². The van der Waals surface area contributed by atoms with Crippen molar-refractivity contribution in [3.63, 3.8) is 0 Å². The molecule has 14 nitrogen and oxygen atoms in total. The fourth-order valence-electron chi connectivity index (χ4n) is 5.11. The van der Waals surface area contributed by atoms with Crippen LogP contribution in [0.2, 0.25) is 0 Å². The Morgan fingerprint density at radius 3 is 2.77 bits per heavy atom. The highest BCUT2D eigenvalue weighted by molar-refractivity contribution is 5.94. The van der Waals surface area contributed by atoms with Gasteiger partial charge in [0, 0.05) is 44.4 Å². The molecule has 2 amide bonds. The summed E-state index contributed by atoms with van der Waals surface area (Å²) in [5, 5.41) is 14.3. The molecule has 1 aliphatic rings. The minimum Gasteiger partial charge on any atom is -0.479 e. The summed E-state index contributed by atoms with van der Waals surface area (Å²) in [6, 6.07) is 4.91. The van der Waals surface area contributed by atoms with Crippen molar-refractivity contribution in [1.29, 1.82) is 0 Å². The van der Waals surface area contributed by atoms with E-state index in [1.807, 2.05) is 25.1 Å². The summed E-state index contributed by atoms with van der Waals surface area (Å²) in [5.41, 5.74) is 1.89. The van der Waals surface area contributed by atoms with Gasteiger partial charge >= 0.3 is 6.09 Å². The molecule has 1 atom stereocenters. The lowest BCUT2D eigenvalue weighted by atomic mass is 10.2. The van der Waals surface area contributed by atoms with Crippen molar-refractivity contribution in [1.82, 2.24) is 34.9 Å². The average Bonchev–Trinajstić information content (AvgIpc) is 3.71. The van der Waals surface area contributed by atoms with Crippen LogP contribution in [-0.2, 0) is 14.3 Å². The Hall–Kier alpha value is -5.16. The predicted molar refractivity (Wildman–Crippen MR) is 184 cm³/mol. The smallest absolute Gasteiger partial charge is 0.435 e. The second-order valence-corrected chi connectivity index (χ2v) is 11.4. The molecule has 0 radical (unpaired) electrons. The highest BCUT2D eigenvalue weighted by atomic mass is 16.6. The molecule has 3 aromatic rings. The van der Waals surface area contributed by atoms with E-state index in [0.717, 1.165) is 12.8 Å². The third-order valence-electron chi connectivity index (χ3n) is 7.44. The lowest BCUT2D eigenvalue weighted by Crippen LogP contribution is -2.45. The zero-order valence-electron chi connectivity index (χ0n) is 28.3. The molecule has 1 aromatic carbocycles. The first kappa shape index (κ1) is 35.7. The highest BCUT2D eigenvalue weighted by Gasteiger charge is 2.32. The molecule has 0 saturated carbocycles. The number of likely N-dealkylation sites (N-methyl/N-ethyl adjacent to an activating group) is 1. The molecule has 4 rings (SSSR count). The van der Waals surface area contributed by atoms with Gasteiger partial charge in [-0.25, -0.2) is 9.78 Å². The van der Waals surface area contributed by atoms with Crippen molar-refractivity contribution in [3.8, 4) is 17.7 Å². The average molecular weight is 660 g/mol. The topological polar surface area (TPSA) is 156 Å². The number of carbonyl (C=O) groups excluding carboxylic acids is 3. The van der Waals surface area contributed by atoms with Gasteiger partial charge in [0.1, 0.15) is 11.9 Å². The number of unbranched alkanes of at least 4 members (excludes halogenated alkanes) is 1. The van der Waals surface area contributed by atoms with E-state index in [1.165, 1.54) is 11.8 Å². The van der Waals surface area contributed by atoms with Gasteiger partial charge in [-0.1, -0.05) is 24.8 Å². The number of hydrogen-bond acceptors (Lipinski definition) is 11. The number of hydrogen-bond donors (Lipinski definition) is 3. The number of ether oxygens (including phenoxy) is 2. The number of aromatic nitrogens is 4. The molecule has 2 aromatic heterocycles. The number of nitrogens with one attached hydrogen (secondary N) is 3. The van der Waals surface area contributed by atoms with E-state index in [0.29, 0.717) is 79.4 Å². The molecule has 0 bridgehead atoms. The van der Waals surface area contributed by atoms with Gasteiger partial charge < -0.3 is 35.2 Å². The lowest BCUT2D eigenvalue weighted by Gasteiger charge is -2.22. The molecular weight excluding hydrogens is 614 g/mol. The van der Waals surface area contributed by atoms with Crippen LogP contribution < -0.4 is 20.7 Å². The Morgan fingerprint density at radius 2 is 2.02 bits per heavy atom. The van der Waals surface area contributed by atoms with Gasteiger partial charge in [0.2, 0.25) is 23.6 Å². The molecular formula is C34H45N9O5. The Bertz CT molecular complexity index is 1670. The van der Waals surface area contributed by atoms with Gasteiger partial charge in [0.25, 0.3) is 0 Å². The summed E-state index contributed by atoms with van der Waals surface area (Å²) < 4.78 is 11.7. The number of likely N-dealkylation sites (tertiary alicyclic amines) is 1. The van der Waals surface area contributed by atoms with Gasteiger partial charge in [-0.2, -0.15) is 9.67 Å². The van der Waals surface area contributed by atoms with Crippen molar-refractivity contribution < 1.29 is 23.9 Å². The molecule has 48 heavy (non-hydrogen) atoms. The van der Waals surface area contributed by atoms with Crippen molar-refractivity contribution in [2.24, 2.45) is 0 Å². The fraction of sp³-hybridized carbons (Fsp3) is 0.471. The van der Waals surface area contributed by atoms with Crippen molar-refractivity contribution in [2.75, 3.05) is 64.6 Å². The standard InChI is InChI=1S/C34H45N9O5/c1-6-18-35-30-24(13-9-8-10-19-36-31(45)28-14-11-21-42(28)29(44)15-12-20-41(3)4)23-37-33(39-30)38-25-16-17-27-26(22-25)32(47-5)40-43(27)34(46)48-7-2/h12,15-17,22-23,28H,6-8,10-11,14,18-21H2,1-5H3,(H,36,45)(H2,35,37,38,39)/t28-/m0/s1. The third kappa shape index (κ3) is 9.45. The predicted octanol–water partition coefficient (Wildman–Crippen LogP) is 3.76. The maximum absolute atomic E-state index is 12.8. The number of methoxy groups -OCH3 is 1. The van der Waals surface area contributed by atoms with Crippen LogP contribution in [0.4, 0.5) is 22.2 Å². The van der Waals surface area contributed by atoms with Crippen LogP contribution in [0.3, 0.4) is 0 Å². The summed E-state index contributed by atoms with van der Waals surface area (Å²) in [6.07, 6.45) is 8.06. The largest absolute Gasteiger partial charge is 0.479 e. The van der Waals surface area contributed by atoms with Crippen LogP contribution >= 0.6 is 0 Å². The highest BCUT2D eigenvalue weighted by Crippen LogP contribution is 2.29. The Morgan fingerprint density at radius 1 is 1.19 bits per heavy atom. The number of carbonyl (C=O) groups is 3. The molecule has 3 heterocycles. The summed E-state index contributed by atoms with van der Waals surface area (Å²) in [5.74, 6) is 7.33. The van der Waals surface area contributed by atoms with E-state index in [9.17, 15) is 14.4 Å². The van der Waals surface area contributed by atoms with Gasteiger partial charge in [-0.3, -0.25) is 9.59 Å². The van der Waals surface area contributed by atoms with E-state index < -0.39 is 12.1 Å². The molecule has 1 aliphatic heterocycles. The quantitative estimate of drug-likeness (QED) is 0.132. The Balaban J connectivity index is 1.35. The first-order valence-electron chi connectivity index (χ1n) is 16.3. The summed E-state index contributed by atoms with van der Waals surface area (Å²) in [7, 11) is 5.36. The summed E-state index contributed by atoms with van der Waals surface area (Å²) >= 11 is 0. The van der Waals surface area contributed by atoms with Crippen molar-refractivity contribution in [2.45, 2.75) is 52.0 Å². The summed E-state index contributed by atoms with van der Waals surface area (Å²) in [4.78, 5) is 50.5. The normalized spacial score (nSPS) is 14.2. The lowest BCUT2D eigenvalue weighted by molar-refractivity contribution is -0.135. The van der Waals surface area contributed by atoms with Gasteiger partial charge in [0.05, 0.1) is 36.4 Å². The van der Waals surface area contributed by atoms with Gasteiger partial charge in [0.15, 0.2) is 0 Å². The summed E-state index contributed by atoms with van der Waals surface area (Å²) in [6.45, 7) is 6.46. The number of anilines is 3. The molecule has 0 aliphatic carbocycles. The number of fused-ring (bicyclic) bond motifs is 1. The number of rotatable bonds is 14. The minimum absolute atomic E-state index is 0.122. The second-order valence-electron chi connectivity index (χ2n) is 11.4. The molecule has 0 spiro atoms. The minimum atomic E-state index is -0.587. The molecule has 256 valence electrons. The van der Waals surface area contributed by atoms with Crippen LogP contribution in [0, 0.1) is 11.8 Å². The molecule has 1 saturated heterocycles. The van der Waals surface area contributed by atoms with Crippen LogP contribution in [0.5, 0.6) is 5.88 Å².